The molecule has 106 valence electrons. The second-order valence-corrected chi connectivity index (χ2v) is 6.61. The molecule has 19 heavy (non-hydrogen) atoms. The summed E-state index contributed by atoms with van der Waals surface area (Å²) in [5, 5.41) is 0. The highest BCUT2D eigenvalue weighted by Crippen LogP contribution is 2.33. The van der Waals surface area contributed by atoms with Gasteiger partial charge in [-0.1, -0.05) is 51.1 Å². The van der Waals surface area contributed by atoms with Crippen LogP contribution < -0.4 is 5.73 Å². The SMILES string of the molecule is CCC(C(N)c1ccccc1)N1CCC(C)(C)CC1. The van der Waals surface area contributed by atoms with Gasteiger partial charge in [-0.05, 0) is 43.3 Å². The minimum Gasteiger partial charge on any atom is -0.323 e. The van der Waals surface area contributed by atoms with Crippen molar-refractivity contribution in [2.45, 2.75) is 52.1 Å². The normalized spacial score (nSPS) is 22.9. The maximum atomic E-state index is 6.51. The highest BCUT2D eigenvalue weighted by molar-refractivity contribution is 5.20. The fourth-order valence-corrected chi connectivity index (χ4v) is 3.10. The average molecular weight is 260 g/mol. The van der Waals surface area contributed by atoms with E-state index in [0.29, 0.717) is 11.5 Å². The molecule has 2 unspecified atom stereocenters. The molecule has 1 aromatic carbocycles. The molecule has 2 atom stereocenters. The van der Waals surface area contributed by atoms with Crippen molar-refractivity contribution < 1.29 is 0 Å². The molecule has 1 fully saturated rings. The third-order valence-corrected chi connectivity index (χ3v) is 4.64. The van der Waals surface area contributed by atoms with Crippen LogP contribution in [-0.2, 0) is 0 Å². The van der Waals surface area contributed by atoms with Gasteiger partial charge in [0.05, 0.1) is 0 Å². The molecule has 2 heteroatoms. The molecular formula is C17H28N2. The quantitative estimate of drug-likeness (QED) is 0.896. The fraction of sp³-hybridized carbons (Fsp3) is 0.647. The van der Waals surface area contributed by atoms with Crippen LogP contribution in [0.1, 0.15) is 51.6 Å². The molecule has 0 radical (unpaired) electrons. The molecule has 1 aliphatic heterocycles. The lowest BCUT2D eigenvalue weighted by atomic mass is 9.81. The van der Waals surface area contributed by atoms with E-state index in [2.05, 4.69) is 56.0 Å². The van der Waals surface area contributed by atoms with Crippen molar-refractivity contribution in [3.8, 4) is 0 Å². The molecule has 1 aliphatic rings. The molecule has 0 aliphatic carbocycles. The van der Waals surface area contributed by atoms with E-state index in [4.69, 9.17) is 5.73 Å². The molecule has 1 aromatic rings. The Kier molecular flexibility index (Phi) is 4.64. The zero-order valence-electron chi connectivity index (χ0n) is 12.6. The van der Waals surface area contributed by atoms with Gasteiger partial charge in [-0.15, -0.1) is 0 Å². The summed E-state index contributed by atoms with van der Waals surface area (Å²) < 4.78 is 0. The van der Waals surface area contributed by atoms with E-state index in [1.807, 2.05) is 0 Å². The number of benzene rings is 1. The summed E-state index contributed by atoms with van der Waals surface area (Å²) in [7, 11) is 0. The van der Waals surface area contributed by atoms with Gasteiger partial charge in [0.2, 0.25) is 0 Å². The van der Waals surface area contributed by atoms with Crippen LogP contribution in [0.5, 0.6) is 0 Å². The van der Waals surface area contributed by atoms with Crippen LogP contribution in [-0.4, -0.2) is 24.0 Å². The van der Waals surface area contributed by atoms with Crippen molar-refractivity contribution in [3.05, 3.63) is 35.9 Å². The number of nitrogens with two attached hydrogens (primary N) is 1. The van der Waals surface area contributed by atoms with Gasteiger partial charge in [0.25, 0.3) is 0 Å². The molecule has 0 saturated carbocycles. The maximum absolute atomic E-state index is 6.51. The lowest BCUT2D eigenvalue weighted by Crippen LogP contribution is -2.47. The van der Waals surface area contributed by atoms with Crippen LogP contribution in [0, 0.1) is 5.41 Å². The Labute approximate surface area is 118 Å². The Morgan fingerprint density at radius 1 is 1.16 bits per heavy atom. The van der Waals surface area contributed by atoms with Crippen LogP contribution >= 0.6 is 0 Å². The third-order valence-electron chi connectivity index (χ3n) is 4.64. The van der Waals surface area contributed by atoms with E-state index in [9.17, 15) is 0 Å². The Hall–Kier alpha value is -0.860. The zero-order chi connectivity index (χ0) is 13.9. The van der Waals surface area contributed by atoms with Gasteiger partial charge in [-0.3, -0.25) is 4.90 Å². The zero-order valence-corrected chi connectivity index (χ0v) is 12.6. The molecule has 0 bridgehead atoms. The molecule has 1 saturated heterocycles. The van der Waals surface area contributed by atoms with Gasteiger partial charge in [-0.2, -0.15) is 0 Å². The van der Waals surface area contributed by atoms with Crippen molar-refractivity contribution in [1.29, 1.82) is 0 Å². The summed E-state index contributed by atoms with van der Waals surface area (Å²) in [6.45, 7) is 9.39. The first-order chi connectivity index (χ1) is 9.03. The average Bonchev–Trinajstić information content (AvgIpc) is 2.42. The molecule has 1 heterocycles. The summed E-state index contributed by atoms with van der Waals surface area (Å²) >= 11 is 0. The van der Waals surface area contributed by atoms with Crippen LogP contribution in [0.3, 0.4) is 0 Å². The summed E-state index contributed by atoms with van der Waals surface area (Å²) in [6.07, 6.45) is 3.69. The maximum Gasteiger partial charge on any atom is 0.0453 e. The van der Waals surface area contributed by atoms with Gasteiger partial charge < -0.3 is 5.73 Å². The first kappa shape index (κ1) is 14.5. The Bertz CT molecular complexity index is 376. The second-order valence-electron chi connectivity index (χ2n) is 6.61. The van der Waals surface area contributed by atoms with Crippen molar-refractivity contribution in [3.63, 3.8) is 0 Å². The Balaban J connectivity index is 2.04. The van der Waals surface area contributed by atoms with Gasteiger partial charge in [0.1, 0.15) is 0 Å². The number of hydrogen-bond acceptors (Lipinski definition) is 2. The van der Waals surface area contributed by atoms with Gasteiger partial charge in [0.15, 0.2) is 0 Å². The van der Waals surface area contributed by atoms with E-state index < -0.39 is 0 Å². The number of nitrogens with zero attached hydrogens (tertiary/aromatic N) is 1. The molecule has 2 nitrogen and oxygen atoms in total. The van der Waals surface area contributed by atoms with E-state index in [1.165, 1.54) is 31.5 Å². The molecule has 0 aromatic heterocycles. The molecule has 0 spiro atoms. The summed E-state index contributed by atoms with van der Waals surface area (Å²) in [4.78, 5) is 2.60. The highest BCUT2D eigenvalue weighted by atomic mass is 15.2. The van der Waals surface area contributed by atoms with Gasteiger partial charge >= 0.3 is 0 Å². The minimum atomic E-state index is 0.132. The lowest BCUT2D eigenvalue weighted by Gasteiger charge is -2.42. The van der Waals surface area contributed by atoms with E-state index in [0.717, 1.165) is 6.42 Å². The lowest BCUT2D eigenvalue weighted by molar-refractivity contribution is 0.0798. The molecule has 0 amide bonds. The fourth-order valence-electron chi connectivity index (χ4n) is 3.10. The van der Waals surface area contributed by atoms with Crippen LogP contribution in [0.4, 0.5) is 0 Å². The van der Waals surface area contributed by atoms with Crippen molar-refractivity contribution in [2.75, 3.05) is 13.1 Å². The largest absolute Gasteiger partial charge is 0.323 e. The van der Waals surface area contributed by atoms with Gasteiger partial charge in [0, 0.05) is 12.1 Å². The smallest absolute Gasteiger partial charge is 0.0453 e. The van der Waals surface area contributed by atoms with Crippen LogP contribution in [0.25, 0.3) is 0 Å². The Morgan fingerprint density at radius 3 is 2.26 bits per heavy atom. The topological polar surface area (TPSA) is 29.3 Å². The minimum absolute atomic E-state index is 0.132. The summed E-state index contributed by atoms with van der Waals surface area (Å²) in [5.74, 6) is 0. The van der Waals surface area contributed by atoms with E-state index in [1.54, 1.807) is 0 Å². The Morgan fingerprint density at radius 2 is 1.74 bits per heavy atom. The standard InChI is InChI=1S/C17H28N2/c1-4-15(16(18)14-8-6-5-7-9-14)19-12-10-17(2,3)11-13-19/h5-9,15-16H,4,10-13,18H2,1-3H3. The van der Waals surface area contributed by atoms with E-state index >= 15 is 0 Å². The van der Waals surface area contributed by atoms with Crippen LogP contribution in [0.15, 0.2) is 30.3 Å². The molecular weight excluding hydrogens is 232 g/mol. The van der Waals surface area contributed by atoms with Crippen LogP contribution in [0.2, 0.25) is 0 Å². The first-order valence-electron chi connectivity index (χ1n) is 7.58. The first-order valence-corrected chi connectivity index (χ1v) is 7.58. The number of hydrogen-bond donors (Lipinski definition) is 1. The number of rotatable bonds is 4. The predicted molar refractivity (Wildman–Crippen MR) is 82.0 cm³/mol. The van der Waals surface area contributed by atoms with E-state index in [-0.39, 0.29) is 6.04 Å². The second kappa shape index (κ2) is 6.06. The number of likely N-dealkylation sites (tertiary alicyclic amines) is 1. The summed E-state index contributed by atoms with van der Waals surface area (Å²) in [6, 6.07) is 11.1. The monoisotopic (exact) mass is 260 g/mol. The van der Waals surface area contributed by atoms with Gasteiger partial charge in [-0.25, -0.2) is 0 Å². The summed E-state index contributed by atoms with van der Waals surface area (Å²) in [5.41, 5.74) is 8.28. The van der Waals surface area contributed by atoms with Crippen molar-refractivity contribution in [1.82, 2.24) is 4.90 Å². The highest BCUT2D eigenvalue weighted by Gasteiger charge is 2.31. The molecule has 2 rings (SSSR count). The van der Waals surface area contributed by atoms with Crippen molar-refractivity contribution in [2.24, 2.45) is 11.1 Å². The predicted octanol–water partition coefficient (Wildman–Crippen LogP) is 3.59. The third kappa shape index (κ3) is 3.58. The number of piperidine rings is 1. The van der Waals surface area contributed by atoms with Crippen molar-refractivity contribution >= 4 is 0 Å². The molecule has 2 N–H and O–H groups in total.